The highest BCUT2D eigenvalue weighted by atomic mass is 19.1. The lowest BCUT2D eigenvalue weighted by molar-refractivity contribution is -0.137. The van der Waals surface area contributed by atoms with E-state index in [4.69, 9.17) is 9.84 Å². The summed E-state index contributed by atoms with van der Waals surface area (Å²) in [5, 5.41) is 8.83. The van der Waals surface area contributed by atoms with E-state index in [9.17, 15) is 14.0 Å². The molecular weight excluding hydrogens is 303 g/mol. The van der Waals surface area contributed by atoms with Gasteiger partial charge in [-0.3, -0.25) is 4.90 Å². The number of amides is 1. The SMILES string of the molecule is CC(C)(C)OC(=O)N1C=CC(=C2C=CC(C(=O)O)N=C2F)CC1. The number of rotatable bonds is 1. The first-order valence-electron chi connectivity index (χ1n) is 7.23. The molecule has 1 atom stereocenters. The van der Waals surface area contributed by atoms with Gasteiger partial charge in [-0.2, -0.15) is 4.39 Å². The Morgan fingerprint density at radius 1 is 1.39 bits per heavy atom. The van der Waals surface area contributed by atoms with Gasteiger partial charge < -0.3 is 9.84 Å². The Hall–Kier alpha value is -2.44. The third kappa shape index (κ3) is 4.28. The average molecular weight is 322 g/mol. The maximum atomic E-state index is 14.0. The number of carbonyl (C=O) groups excluding carboxylic acids is 1. The van der Waals surface area contributed by atoms with Crippen molar-refractivity contribution in [1.29, 1.82) is 0 Å². The number of carboxylic acid groups (broad SMARTS) is 1. The first kappa shape index (κ1) is 16.9. The molecule has 0 aromatic heterocycles. The van der Waals surface area contributed by atoms with Gasteiger partial charge in [-0.1, -0.05) is 6.08 Å². The molecule has 0 saturated carbocycles. The summed E-state index contributed by atoms with van der Waals surface area (Å²) in [4.78, 5) is 27.7. The van der Waals surface area contributed by atoms with E-state index < -0.39 is 29.7 Å². The first-order valence-corrected chi connectivity index (χ1v) is 7.23. The minimum Gasteiger partial charge on any atom is -0.479 e. The van der Waals surface area contributed by atoms with Crippen molar-refractivity contribution in [3.05, 3.63) is 35.6 Å². The van der Waals surface area contributed by atoms with Crippen LogP contribution in [-0.2, 0) is 9.53 Å². The van der Waals surface area contributed by atoms with Crippen LogP contribution in [0.5, 0.6) is 0 Å². The molecule has 0 aliphatic carbocycles. The van der Waals surface area contributed by atoms with Crippen LogP contribution in [-0.4, -0.2) is 46.2 Å². The zero-order valence-corrected chi connectivity index (χ0v) is 13.2. The Morgan fingerprint density at radius 2 is 2.09 bits per heavy atom. The van der Waals surface area contributed by atoms with E-state index in [1.54, 1.807) is 26.8 Å². The van der Waals surface area contributed by atoms with Crippen LogP contribution in [0.1, 0.15) is 27.2 Å². The first-order chi connectivity index (χ1) is 10.7. The molecule has 0 bridgehead atoms. The molecule has 1 amide bonds. The number of halogens is 1. The second-order valence-electron chi connectivity index (χ2n) is 6.24. The molecule has 2 aliphatic heterocycles. The van der Waals surface area contributed by atoms with Gasteiger partial charge >= 0.3 is 12.1 Å². The summed E-state index contributed by atoms with van der Waals surface area (Å²) < 4.78 is 19.2. The Balaban J connectivity index is 2.12. The van der Waals surface area contributed by atoms with Gasteiger partial charge in [0.05, 0.1) is 0 Å². The van der Waals surface area contributed by atoms with Gasteiger partial charge in [-0.05, 0) is 44.9 Å². The number of dihydropyridines is 1. The molecule has 2 aliphatic rings. The number of nitrogens with zero attached hydrogens (tertiary/aromatic N) is 2. The van der Waals surface area contributed by atoms with Crippen LogP contribution in [0.2, 0.25) is 0 Å². The number of allylic oxidation sites excluding steroid dienone is 3. The second kappa shape index (κ2) is 6.36. The van der Waals surface area contributed by atoms with E-state index in [1.165, 1.54) is 23.3 Å². The molecule has 2 heterocycles. The smallest absolute Gasteiger partial charge is 0.414 e. The molecule has 1 N–H and O–H groups in total. The number of ether oxygens (including phenoxy) is 1. The number of hydrogen-bond donors (Lipinski definition) is 1. The van der Waals surface area contributed by atoms with Crippen molar-refractivity contribution in [1.82, 2.24) is 4.90 Å². The quantitative estimate of drug-likeness (QED) is 0.805. The molecule has 0 fully saturated rings. The fourth-order valence-corrected chi connectivity index (χ4v) is 2.14. The lowest BCUT2D eigenvalue weighted by atomic mass is 10.00. The highest BCUT2D eigenvalue weighted by molar-refractivity contribution is 6.00. The van der Waals surface area contributed by atoms with Crippen LogP contribution in [0.15, 0.2) is 40.6 Å². The van der Waals surface area contributed by atoms with Crippen LogP contribution in [0, 0.1) is 0 Å². The van der Waals surface area contributed by atoms with Gasteiger partial charge in [-0.15, -0.1) is 0 Å². The Kier molecular flexibility index (Phi) is 4.68. The lowest BCUT2D eigenvalue weighted by Crippen LogP contribution is -2.35. The van der Waals surface area contributed by atoms with Crippen molar-refractivity contribution in [3.63, 3.8) is 0 Å². The van der Waals surface area contributed by atoms with Crippen LogP contribution in [0.3, 0.4) is 0 Å². The highest BCUT2D eigenvalue weighted by Gasteiger charge is 2.25. The number of carboxylic acids is 1. The fourth-order valence-electron chi connectivity index (χ4n) is 2.14. The van der Waals surface area contributed by atoms with Crippen molar-refractivity contribution in [2.45, 2.75) is 38.8 Å². The summed E-state index contributed by atoms with van der Waals surface area (Å²) in [7, 11) is 0. The summed E-state index contributed by atoms with van der Waals surface area (Å²) in [5.41, 5.74) is 0.328. The van der Waals surface area contributed by atoms with Gasteiger partial charge in [0.25, 0.3) is 0 Å². The van der Waals surface area contributed by atoms with Crippen molar-refractivity contribution >= 4 is 18.0 Å². The van der Waals surface area contributed by atoms with E-state index in [0.717, 1.165) is 0 Å². The molecular formula is C16H19FN2O4. The predicted molar refractivity (Wildman–Crippen MR) is 82.8 cm³/mol. The number of carbonyl (C=O) groups is 2. The average Bonchev–Trinajstić information content (AvgIpc) is 2.45. The number of aliphatic imine (C=N–C) groups is 1. The topological polar surface area (TPSA) is 79.2 Å². The number of hydrogen-bond acceptors (Lipinski definition) is 4. The molecule has 2 rings (SSSR count). The Bertz CT molecular complexity index is 641. The molecule has 0 aromatic rings. The van der Waals surface area contributed by atoms with Crippen LogP contribution in [0.25, 0.3) is 0 Å². The lowest BCUT2D eigenvalue weighted by Gasteiger charge is -2.27. The normalized spacial score (nSPS) is 24.4. The summed E-state index contributed by atoms with van der Waals surface area (Å²) in [6.45, 7) is 5.70. The molecule has 0 spiro atoms. The molecule has 6 nitrogen and oxygen atoms in total. The minimum atomic E-state index is -1.20. The maximum absolute atomic E-state index is 14.0. The number of aliphatic carboxylic acids is 1. The van der Waals surface area contributed by atoms with Crippen molar-refractivity contribution in [3.8, 4) is 0 Å². The van der Waals surface area contributed by atoms with Crippen molar-refractivity contribution in [2.75, 3.05) is 6.54 Å². The van der Waals surface area contributed by atoms with Gasteiger partial charge in [0.15, 0.2) is 6.04 Å². The molecule has 23 heavy (non-hydrogen) atoms. The fraction of sp³-hybridized carbons (Fsp3) is 0.438. The summed E-state index contributed by atoms with van der Waals surface area (Å²) in [6, 6.07) is -1.19. The molecule has 124 valence electrons. The van der Waals surface area contributed by atoms with Gasteiger partial charge in [0.1, 0.15) is 5.60 Å². The van der Waals surface area contributed by atoms with Gasteiger partial charge in [0, 0.05) is 18.3 Å². The van der Waals surface area contributed by atoms with Crippen molar-refractivity contribution < 1.29 is 23.8 Å². The van der Waals surface area contributed by atoms with Gasteiger partial charge in [0.2, 0.25) is 5.97 Å². The highest BCUT2D eigenvalue weighted by Crippen LogP contribution is 2.24. The molecule has 7 heteroatoms. The Morgan fingerprint density at radius 3 is 2.57 bits per heavy atom. The van der Waals surface area contributed by atoms with Crippen molar-refractivity contribution in [2.24, 2.45) is 4.99 Å². The molecule has 0 saturated heterocycles. The third-order valence-electron chi connectivity index (χ3n) is 3.22. The van der Waals surface area contributed by atoms with Gasteiger partial charge in [-0.25, -0.2) is 14.6 Å². The largest absolute Gasteiger partial charge is 0.479 e. The minimum absolute atomic E-state index is 0.252. The molecule has 0 radical (unpaired) electrons. The van der Waals surface area contributed by atoms with Crippen LogP contribution >= 0.6 is 0 Å². The molecule has 1 unspecified atom stereocenters. The summed E-state index contributed by atoms with van der Waals surface area (Å²) in [5.74, 6) is -2.00. The van der Waals surface area contributed by atoms with Crippen LogP contribution < -0.4 is 0 Å². The zero-order chi connectivity index (χ0) is 17.2. The molecule has 0 aromatic carbocycles. The third-order valence-corrected chi connectivity index (χ3v) is 3.22. The second-order valence-corrected chi connectivity index (χ2v) is 6.24. The Labute approximate surface area is 133 Å². The zero-order valence-electron chi connectivity index (χ0n) is 13.2. The predicted octanol–water partition coefficient (Wildman–Crippen LogP) is 2.83. The van der Waals surface area contributed by atoms with E-state index in [2.05, 4.69) is 4.99 Å². The van der Waals surface area contributed by atoms with Crippen LogP contribution in [0.4, 0.5) is 9.18 Å². The maximum Gasteiger partial charge on any atom is 0.414 e. The summed E-state index contributed by atoms with van der Waals surface area (Å²) >= 11 is 0. The summed E-state index contributed by atoms with van der Waals surface area (Å²) in [6.07, 6.45) is 5.87. The van der Waals surface area contributed by atoms with E-state index in [-0.39, 0.29) is 5.57 Å². The monoisotopic (exact) mass is 322 g/mol. The standard InChI is InChI=1S/C16H19FN2O4/c1-16(2,3)23-15(22)19-8-6-10(7-9-19)11-4-5-12(14(20)21)18-13(11)17/h4-6,8,12H,7,9H2,1-3H3,(H,20,21). The van der Waals surface area contributed by atoms with E-state index >= 15 is 0 Å². The van der Waals surface area contributed by atoms with E-state index in [1.807, 2.05) is 0 Å². The van der Waals surface area contributed by atoms with E-state index in [0.29, 0.717) is 18.5 Å².